The highest BCUT2D eigenvalue weighted by atomic mass is 35.5. The first-order valence-electron chi connectivity index (χ1n) is 5.59. The van der Waals surface area contributed by atoms with Crippen molar-refractivity contribution < 1.29 is 23.0 Å². The molecule has 0 radical (unpaired) electrons. The molecule has 0 unspecified atom stereocenters. The van der Waals surface area contributed by atoms with Gasteiger partial charge in [0, 0.05) is 11.6 Å². The molecule has 0 atom stereocenters. The lowest BCUT2D eigenvalue weighted by molar-refractivity contribution is -0.142. The summed E-state index contributed by atoms with van der Waals surface area (Å²) < 4.78 is 35.2. The topological polar surface area (TPSA) is 48.4 Å². The largest absolute Gasteiger partial charge is 0.496 e. The molecule has 0 aliphatic carbocycles. The van der Waals surface area contributed by atoms with E-state index in [-0.39, 0.29) is 30.4 Å². The van der Waals surface area contributed by atoms with Gasteiger partial charge in [0.1, 0.15) is 11.4 Å². The Kier molecular flexibility index (Phi) is 5.95. The van der Waals surface area contributed by atoms with Crippen LogP contribution in [0.5, 0.6) is 5.75 Å². The van der Waals surface area contributed by atoms with E-state index in [4.69, 9.17) is 21.1 Å². The highest BCUT2D eigenvalue weighted by molar-refractivity contribution is 6.17. The van der Waals surface area contributed by atoms with E-state index in [1.54, 1.807) is 6.92 Å². The smallest absolute Gasteiger partial charge is 0.311 e. The maximum Gasteiger partial charge on any atom is 0.311 e. The van der Waals surface area contributed by atoms with Crippen LogP contribution in [0.4, 0.5) is 8.78 Å². The zero-order valence-electron chi connectivity index (χ0n) is 10.6. The summed E-state index contributed by atoms with van der Waals surface area (Å²) in [6.07, 6.45) is -2.97. The van der Waals surface area contributed by atoms with Crippen molar-refractivity contribution >= 4 is 17.6 Å². The number of methoxy groups -OCH3 is 1. The van der Waals surface area contributed by atoms with E-state index in [1.807, 2.05) is 0 Å². The Morgan fingerprint density at radius 2 is 2.21 bits per heavy atom. The third-order valence-corrected chi connectivity index (χ3v) is 2.65. The highest BCUT2D eigenvalue weighted by Gasteiger charge is 2.19. The van der Waals surface area contributed by atoms with E-state index in [0.29, 0.717) is 5.56 Å². The van der Waals surface area contributed by atoms with Crippen molar-refractivity contribution in [2.45, 2.75) is 25.7 Å². The molecular weight excluding hydrogens is 280 g/mol. The number of carbonyl (C=O) groups excluding carboxylic acids is 1. The summed E-state index contributed by atoms with van der Waals surface area (Å²) in [7, 11) is 1.34. The Bertz CT molecular complexity index is 455. The molecule has 0 bridgehead atoms. The molecule has 0 spiro atoms. The molecule has 1 aromatic heterocycles. The second-order valence-electron chi connectivity index (χ2n) is 3.59. The summed E-state index contributed by atoms with van der Waals surface area (Å²) in [5, 5.41) is 0. The van der Waals surface area contributed by atoms with Gasteiger partial charge in [-0.25, -0.2) is 8.78 Å². The average Bonchev–Trinajstić information content (AvgIpc) is 2.37. The molecule has 1 rings (SSSR count). The molecule has 19 heavy (non-hydrogen) atoms. The fourth-order valence-electron chi connectivity index (χ4n) is 1.55. The van der Waals surface area contributed by atoms with Gasteiger partial charge in [0.05, 0.1) is 31.7 Å². The Morgan fingerprint density at radius 1 is 1.53 bits per heavy atom. The molecule has 0 saturated carbocycles. The van der Waals surface area contributed by atoms with Gasteiger partial charge in [0.25, 0.3) is 6.43 Å². The van der Waals surface area contributed by atoms with Gasteiger partial charge in [-0.3, -0.25) is 9.78 Å². The molecule has 106 valence electrons. The predicted octanol–water partition coefficient (Wildman–Crippen LogP) is 2.87. The molecule has 4 nitrogen and oxygen atoms in total. The lowest BCUT2D eigenvalue weighted by atomic mass is 10.1. The van der Waals surface area contributed by atoms with Crippen molar-refractivity contribution in [3.8, 4) is 5.75 Å². The summed E-state index contributed by atoms with van der Waals surface area (Å²) in [6.45, 7) is 1.87. The van der Waals surface area contributed by atoms with Crippen molar-refractivity contribution in [3.05, 3.63) is 23.0 Å². The lowest BCUT2D eigenvalue weighted by Gasteiger charge is -2.13. The fraction of sp³-hybridized carbons (Fsp3) is 0.500. The highest BCUT2D eigenvalue weighted by Crippen LogP contribution is 2.29. The van der Waals surface area contributed by atoms with Crippen LogP contribution in [0.1, 0.15) is 30.3 Å². The monoisotopic (exact) mass is 293 g/mol. The van der Waals surface area contributed by atoms with Crippen LogP contribution in [0.25, 0.3) is 0 Å². The van der Waals surface area contributed by atoms with Gasteiger partial charge in [0.15, 0.2) is 0 Å². The van der Waals surface area contributed by atoms with E-state index in [2.05, 4.69) is 4.98 Å². The standard InChI is InChI=1S/C12H14ClF2NO3/c1-3-19-11(17)5-8-7(6-13)10(18-2)4-9(16-8)12(14)15/h4,12H,3,5-6H2,1-2H3. The lowest BCUT2D eigenvalue weighted by Crippen LogP contribution is -2.12. The van der Waals surface area contributed by atoms with Crippen molar-refractivity contribution in [1.82, 2.24) is 4.98 Å². The second-order valence-corrected chi connectivity index (χ2v) is 3.86. The Balaban J connectivity index is 3.18. The number of esters is 1. The maximum absolute atomic E-state index is 12.7. The number of pyridine rings is 1. The number of rotatable bonds is 6. The maximum atomic E-state index is 12.7. The quantitative estimate of drug-likeness (QED) is 0.598. The minimum atomic E-state index is -2.75. The van der Waals surface area contributed by atoms with Gasteiger partial charge in [-0.05, 0) is 6.92 Å². The Labute approximate surface area is 114 Å². The van der Waals surface area contributed by atoms with Crippen molar-refractivity contribution in [2.24, 2.45) is 0 Å². The third kappa shape index (κ3) is 4.02. The van der Waals surface area contributed by atoms with Gasteiger partial charge in [-0.1, -0.05) is 0 Å². The Hall–Kier alpha value is -1.43. The molecule has 0 N–H and O–H groups in total. The molecule has 0 aliphatic heterocycles. The van der Waals surface area contributed by atoms with Crippen molar-refractivity contribution in [2.75, 3.05) is 13.7 Å². The van der Waals surface area contributed by atoms with E-state index in [9.17, 15) is 13.6 Å². The number of nitrogens with zero attached hydrogens (tertiary/aromatic N) is 1. The van der Waals surface area contributed by atoms with Gasteiger partial charge < -0.3 is 9.47 Å². The van der Waals surface area contributed by atoms with Crippen LogP contribution >= 0.6 is 11.6 Å². The molecule has 1 heterocycles. The van der Waals surface area contributed by atoms with Crippen LogP contribution in [0.2, 0.25) is 0 Å². The molecule has 1 aromatic rings. The SMILES string of the molecule is CCOC(=O)Cc1nc(C(F)F)cc(OC)c1CCl. The number of hydrogen-bond donors (Lipinski definition) is 0. The first-order chi connectivity index (χ1) is 9.03. The van der Waals surface area contributed by atoms with Gasteiger partial charge in [-0.15, -0.1) is 11.6 Å². The first kappa shape index (κ1) is 15.6. The number of aromatic nitrogens is 1. The summed E-state index contributed by atoms with van der Waals surface area (Å²) in [6, 6.07) is 1.12. The molecule has 0 amide bonds. The van der Waals surface area contributed by atoms with E-state index < -0.39 is 18.1 Å². The molecule has 0 saturated heterocycles. The van der Waals surface area contributed by atoms with E-state index in [0.717, 1.165) is 6.07 Å². The number of alkyl halides is 3. The van der Waals surface area contributed by atoms with Crippen LogP contribution in [0.3, 0.4) is 0 Å². The minimum Gasteiger partial charge on any atom is -0.496 e. The van der Waals surface area contributed by atoms with Crippen LogP contribution < -0.4 is 4.74 Å². The normalized spacial score (nSPS) is 10.6. The summed E-state index contributed by atoms with van der Waals surface area (Å²) in [4.78, 5) is 15.2. The molecule has 0 aliphatic rings. The number of hydrogen-bond acceptors (Lipinski definition) is 4. The molecule has 0 aromatic carbocycles. The predicted molar refractivity (Wildman–Crippen MR) is 65.6 cm³/mol. The fourth-order valence-corrected chi connectivity index (χ4v) is 1.84. The number of halogens is 3. The zero-order valence-corrected chi connectivity index (χ0v) is 11.3. The van der Waals surface area contributed by atoms with Crippen LogP contribution in [-0.2, 0) is 21.8 Å². The van der Waals surface area contributed by atoms with Crippen LogP contribution in [-0.4, -0.2) is 24.7 Å². The average molecular weight is 294 g/mol. The number of ether oxygens (including phenoxy) is 2. The second kappa shape index (κ2) is 7.23. The van der Waals surface area contributed by atoms with Crippen molar-refractivity contribution in [1.29, 1.82) is 0 Å². The third-order valence-electron chi connectivity index (χ3n) is 2.38. The van der Waals surface area contributed by atoms with Crippen molar-refractivity contribution in [3.63, 3.8) is 0 Å². The van der Waals surface area contributed by atoms with Gasteiger partial charge >= 0.3 is 5.97 Å². The Morgan fingerprint density at radius 3 is 2.68 bits per heavy atom. The van der Waals surface area contributed by atoms with Gasteiger partial charge in [0.2, 0.25) is 0 Å². The summed E-state index contributed by atoms with van der Waals surface area (Å²) in [5.41, 5.74) is 0.120. The van der Waals surface area contributed by atoms with Crippen LogP contribution in [0.15, 0.2) is 6.07 Å². The van der Waals surface area contributed by atoms with Gasteiger partial charge in [-0.2, -0.15) is 0 Å². The molecule has 7 heteroatoms. The minimum absolute atomic E-state index is 0.00836. The number of carbonyl (C=O) groups is 1. The molecule has 0 fully saturated rings. The summed E-state index contributed by atoms with van der Waals surface area (Å²) in [5.74, 6) is -0.344. The van der Waals surface area contributed by atoms with E-state index >= 15 is 0 Å². The summed E-state index contributed by atoms with van der Waals surface area (Å²) >= 11 is 5.75. The molecular formula is C12H14ClF2NO3. The van der Waals surface area contributed by atoms with E-state index in [1.165, 1.54) is 7.11 Å². The zero-order chi connectivity index (χ0) is 14.4. The first-order valence-corrected chi connectivity index (χ1v) is 6.13. The van der Waals surface area contributed by atoms with Crippen LogP contribution in [0, 0.1) is 0 Å².